The summed E-state index contributed by atoms with van der Waals surface area (Å²) in [5, 5.41) is 3.21. The van der Waals surface area contributed by atoms with Gasteiger partial charge in [0.15, 0.2) is 0 Å². The highest BCUT2D eigenvalue weighted by molar-refractivity contribution is 6.31. The van der Waals surface area contributed by atoms with Gasteiger partial charge < -0.3 is 10.2 Å². The zero-order valence-corrected chi connectivity index (χ0v) is 14.1. The second kappa shape index (κ2) is 7.67. The topological polar surface area (TPSA) is 32.3 Å². The van der Waals surface area contributed by atoms with Crippen LogP contribution in [0.5, 0.6) is 0 Å². The molecule has 2 aromatic carbocycles. The minimum Gasteiger partial charge on any atom is -0.367 e. The van der Waals surface area contributed by atoms with Crippen LogP contribution in [0.2, 0.25) is 5.02 Å². The van der Waals surface area contributed by atoms with Crippen LogP contribution in [0, 0.1) is 5.82 Å². The summed E-state index contributed by atoms with van der Waals surface area (Å²) in [7, 11) is 0. The van der Waals surface area contributed by atoms with E-state index in [1.54, 1.807) is 6.07 Å². The van der Waals surface area contributed by atoms with Crippen molar-refractivity contribution in [3.63, 3.8) is 0 Å². The number of hydrogen-bond donors (Lipinski definition) is 1. The number of nitrogens with zero attached hydrogens (tertiary/aromatic N) is 1. The fraction of sp³-hybridized carbons (Fsp3) is 0.316. The number of carbonyl (C=O) groups is 1. The highest BCUT2D eigenvalue weighted by Gasteiger charge is 2.25. The molecule has 1 N–H and O–H groups in total. The molecule has 0 saturated carbocycles. The number of amides is 1. The minimum absolute atomic E-state index is 0.0381. The number of para-hydroxylation sites is 1. The summed E-state index contributed by atoms with van der Waals surface area (Å²) < 4.78 is 13.8. The third-order valence-corrected chi connectivity index (χ3v) is 4.75. The molecule has 2 aromatic rings. The first-order valence-corrected chi connectivity index (χ1v) is 8.54. The van der Waals surface area contributed by atoms with E-state index in [-0.39, 0.29) is 29.0 Å². The van der Waals surface area contributed by atoms with Crippen molar-refractivity contribution < 1.29 is 9.18 Å². The summed E-state index contributed by atoms with van der Waals surface area (Å²) in [4.78, 5) is 14.5. The Morgan fingerprint density at radius 1 is 1.21 bits per heavy atom. The first-order chi connectivity index (χ1) is 11.6. The van der Waals surface area contributed by atoms with E-state index in [1.165, 1.54) is 17.8 Å². The molecule has 0 unspecified atom stereocenters. The average molecular weight is 347 g/mol. The van der Waals surface area contributed by atoms with Crippen LogP contribution in [-0.2, 0) is 11.2 Å². The number of nitrogens with one attached hydrogen (secondary N) is 1. The molecule has 0 aliphatic carbocycles. The maximum Gasteiger partial charge on any atom is 0.224 e. The standard InChI is InChI=1S/C19H20ClFN2O/c20-17-9-4-10-18(21)16(17)12-19(24)22-13-15-8-5-11-23(15)14-6-2-1-3-7-14/h1-4,6-7,9-10,15H,5,8,11-13H2,(H,22,24)/t15-/m1/s1. The molecule has 24 heavy (non-hydrogen) atoms. The molecule has 1 fully saturated rings. The largest absolute Gasteiger partial charge is 0.367 e. The van der Waals surface area contributed by atoms with Crippen molar-refractivity contribution in [2.75, 3.05) is 18.0 Å². The molecule has 0 radical (unpaired) electrons. The summed E-state index contributed by atoms with van der Waals surface area (Å²) in [5.41, 5.74) is 1.43. The molecule has 3 nitrogen and oxygen atoms in total. The number of rotatable bonds is 5. The smallest absolute Gasteiger partial charge is 0.224 e. The second-order valence-corrected chi connectivity index (χ2v) is 6.41. The lowest BCUT2D eigenvalue weighted by Gasteiger charge is -2.27. The van der Waals surface area contributed by atoms with Gasteiger partial charge in [0.05, 0.1) is 6.42 Å². The summed E-state index contributed by atoms with van der Waals surface area (Å²) in [5.74, 6) is -0.647. The van der Waals surface area contributed by atoms with Crippen LogP contribution in [0.15, 0.2) is 48.5 Å². The molecule has 1 aliphatic rings. The molecule has 1 saturated heterocycles. The third kappa shape index (κ3) is 3.88. The van der Waals surface area contributed by atoms with Gasteiger partial charge in [0.2, 0.25) is 5.91 Å². The highest BCUT2D eigenvalue weighted by atomic mass is 35.5. The van der Waals surface area contributed by atoms with E-state index in [0.29, 0.717) is 6.54 Å². The Morgan fingerprint density at radius 3 is 2.75 bits per heavy atom. The quantitative estimate of drug-likeness (QED) is 0.893. The number of hydrogen-bond acceptors (Lipinski definition) is 2. The summed E-state index contributed by atoms with van der Waals surface area (Å²) in [6, 6.07) is 14.9. The Labute approximate surface area is 146 Å². The van der Waals surface area contributed by atoms with Crippen molar-refractivity contribution >= 4 is 23.2 Å². The third-order valence-electron chi connectivity index (χ3n) is 4.40. The van der Waals surface area contributed by atoms with Crippen LogP contribution in [-0.4, -0.2) is 25.0 Å². The predicted molar refractivity (Wildman–Crippen MR) is 94.9 cm³/mol. The monoisotopic (exact) mass is 346 g/mol. The lowest BCUT2D eigenvalue weighted by atomic mass is 10.1. The zero-order chi connectivity index (χ0) is 16.9. The molecule has 0 bridgehead atoms. The van der Waals surface area contributed by atoms with Gasteiger partial charge in [0.25, 0.3) is 0 Å². The van der Waals surface area contributed by atoms with Crippen LogP contribution < -0.4 is 10.2 Å². The minimum atomic E-state index is -0.440. The molecule has 0 spiro atoms. The SMILES string of the molecule is O=C(Cc1c(F)cccc1Cl)NC[C@H]1CCCN1c1ccccc1. The van der Waals surface area contributed by atoms with Crippen molar-refractivity contribution in [3.05, 3.63) is 64.9 Å². The maximum absolute atomic E-state index is 13.8. The van der Waals surface area contributed by atoms with Crippen LogP contribution >= 0.6 is 11.6 Å². The predicted octanol–water partition coefficient (Wildman–Crippen LogP) is 3.81. The van der Waals surface area contributed by atoms with Crippen LogP contribution in [0.1, 0.15) is 18.4 Å². The number of halogens is 2. The summed E-state index contributed by atoms with van der Waals surface area (Å²) >= 11 is 5.98. The van der Waals surface area contributed by atoms with Crippen molar-refractivity contribution in [3.8, 4) is 0 Å². The lowest BCUT2D eigenvalue weighted by Crippen LogP contribution is -2.40. The molecule has 1 atom stereocenters. The molecule has 126 valence electrons. The second-order valence-electron chi connectivity index (χ2n) is 6.01. The molecule has 1 heterocycles. The first-order valence-electron chi connectivity index (χ1n) is 8.16. The highest BCUT2D eigenvalue weighted by Crippen LogP contribution is 2.25. The van der Waals surface area contributed by atoms with Gasteiger partial charge >= 0.3 is 0 Å². The normalized spacial score (nSPS) is 17.1. The van der Waals surface area contributed by atoms with Gasteiger partial charge in [-0.1, -0.05) is 35.9 Å². The molecule has 1 amide bonds. The van der Waals surface area contributed by atoms with E-state index in [4.69, 9.17) is 11.6 Å². The van der Waals surface area contributed by atoms with Crippen molar-refractivity contribution in [2.24, 2.45) is 0 Å². The molecule has 3 rings (SSSR count). The van der Waals surface area contributed by atoms with Gasteiger partial charge in [-0.25, -0.2) is 4.39 Å². The summed E-state index contributed by atoms with van der Waals surface area (Å²) in [6.45, 7) is 1.55. The van der Waals surface area contributed by atoms with Gasteiger partial charge in [-0.15, -0.1) is 0 Å². The Balaban J connectivity index is 1.58. The Kier molecular flexibility index (Phi) is 5.36. The fourth-order valence-electron chi connectivity index (χ4n) is 3.16. The Hall–Kier alpha value is -2.07. The van der Waals surface area contributed by atoms with Crippen LogP contribution in [0.3, 0.4) is 0 Å². The van der Waals surface area contributed by atoms with Gasteiger partial charge in [0, 0.05) is 35.4 Å². The molecular formula is C19H20ClFN2O. The van der Waals surface area contributed by atoms with Gasteiger partial charge in [0.1, 0.15) is 5.82 Å². The van der Waals surface area contributed by atoms with E-state index in [9.17, 15) is 9.18 Å². The van der Waals surface area contributed by atoms with Crippen LogP contribution in [0.25, 0.3) is 0 Å². The van der Waals surface area contributed by atoms with E-state index in [1.807, 2.05) is 18.2 Å². The molecule has 0 aromatic heterocycles. The van der Waals surface area contributed by atoms with Crippen molar-refractivity contribution in [1.29, 1.82) is 0 Å². The number of carbonyl (C=O) groups excluding carboxylic acids is 1. The van der Waals surface area contributed by atoms with Gasteiger partial charge in [-0.2, -0.15) is 0 Å². The van der Waals surface area contributed by atoms with Gasteiger partial charge in [-0.3, -0.25) is 4.79 Å². The van der Waals surface area contributed by atoms with E-state index in [0.717, 1.165) is 19.4 Å². The van der Waals surface area contributed by atoms with E-state index < -0.39 is 5.82 Å². The maximum atomic E-state index is 13.8. The van der Waals surface area contributed by atoms with Gasteiger partial charge in [-0.05, 0) is 37.1 Å². The lowest BCUT2D eigenvalue weighted by molar-refractivity contribution is -0.120. The summed E-state index contributed by atoms with van der Waals surface area (Å²) in [6.07, 6.45) is 2.10. The van der Waals surface area contributed by atoms with Crippen molar-refractivity contribution in [2.45, 2.75) is 25.3 Å². The molecule has 1 aliphatic heterocycles. The molecular weight excluding hydrogens is 327 g/mol. The van der Waals surface area contributed by atoms with E-state index in [2.05, 4.69) is 22.3 Å². The zero-order valence-electron chi connectivity index (χ0n) is 13.3. The number of anilines is 1. The van der Waals surface area contributed by atoms with Crippen LogP contribution in [0.4, 0.5) is 10.1 Å². The Morgan fingerprint density at radius 2 is 2.00 bits per heavy atom. The Bertz CT molecular complexity index is 688. The van der Waals surface area contributed by atoms with E-state index >= 15 is 0 Å². The average Bonchev–Trinajstić information content (AvgIpc) is 3.06. The first kappa shape index (κ1) is 16.8. The number of benzene rings is 2. The van der Waals surface area contributed by atoms with Crippen molar-refractivity contribution in [1.82, 2.24) is 5.32 Å². The fourth-order valence-corrected chi connectivity index (χ4v) is 3.39. The molecule has 5 heteroatoms.